The topological polar surface area (TPSA) is 20.2 Å². The summed E-state index contributed by atoms with van der Waals surface area (Å²) in [5.74, 6) is 0. The molecule has 0 aromatic heterocycles. The van der Waals surface area contributed by atoms with E-state index in [1.807, 2.05) is 24.3 Å². The fraction of sp³-hybridized carbons (Fsp3) is 0.500. The van der Waals surface area contributed by atoms with Gasteiger partial charge in [-0.05, 0) is 24.5 Å². The van der Waals surface area contributed by atoms with Gasteiger partial charge in [-0.3, -0.25) is 0 Å². The summed E-state index contributed by atoms with van der Waals surface area (Å²) < 4.78 is 1.03. The van der Waals surface area contributed by atoms with Crippen molar-refractivity contribution in [1.82, 2.24) is 0 Å². The van der Waals surface area contributed by atoms with Gasteiger partial charge >= 0.3 is 0 Å². The maximum Gasteiger partial charge on any atom is 0.0907 e. The largest absolute Gasteiger partial charge is 0.385 e. The Bertz CT molecular complexity index is 316. The third-order valence-corrected chi connectivity index (χ3v) is 3.75. The van der Waals surface area contributed by atoms with Crippen LogP contribution in [0.15, 0.2) is 28.7 Å². The van der Waals surface area contributed by atoms with Crippen LogP contribution in [0.2, 0.25) is 0 Å². The molecule has 14 heavy (non-hydrogen) atoms. The summed E-state index contributed by atoms with van der Waals surface area (Å²) in [6, 6.07) is 8.00. The zero-order valence-corrected chi connectivity index (χ0v) is 9.76. The number of hydrogen-bond donors (Lipinski definition) is 1. The lowest BCUT2D eigenvalue weighted by molar-refractivity contribution is -0.00128. The molecule has 0 atom stereocenters. The van der Waals surface area contributed by atoms with Gasteiger partial charge in [-0.15, -0.1) is 0 Å². The highest BCUT2D eigenvalue weighted by Crippen LogP contribution is 2.39. The summed E-state index contributed by atoms with van der Waals surface area (Å²) in [5.41, 5.74) is 0.470. The van der Waals surface area contributed by atoms with Crippen molar-refractivity contribution in [3.05, 3.63) is 34.3 Å². The standard InChI is InChI=1S/C12H15BrO/c13-11-7-3-2-6-10(11)12(14)8-4-1-5-9-12/h2-3,6-7,14H,1,4-5,8-9H2. The minimum absolute atomic E-state index is 0.585. The highest BCUT2D eigenvalue weighted by Gasteiger charge is 2.32. The van der Waals surface area contributed by atoms with Crippen LogP contribution in [0.5, 0.6) is 0 Å². The van der Waals surface area contributed by atoms with Crippen molar-refractivity contribution in [2.45, 2.75) is 37.7 Å². The van der Waals surface area contributed by atoms with Gasteiger partial charge in [-0.2, -0.15) is 0 Å². The maximum absolute atomic E-state index is 10.5. The van der Waals surface area contributed by atoms with E-state index in [0.29, 0.717) is 0 Å². The van der Waals surface area contributed by atoms with Crippen LogP contribution in [0.3, 0.4) is 0 Å². The van der Waals surface area contributed by atoms with Crippen molar-refractivity contribution in [3.8, 4) is 0 Å². The molecule has 76 valence electrons. The van der Waals surface area contributed by atoms with E-state index in [2.05, 4.69) is 15.9 Å². The van der Waals surface area contributed by atoms with E-state index in [1.165, 1.54) is 6.42 Å². The molecule has 0 bridgehead atoms. The quantitative estimate of drug-likeness (QED) is 0.812. The van der Waals surface area contributed by atoms with Gasteiger partial charge in [0, 0.05) is 4.47 Å². The molecule has 0 heterocycles. The van der Waals surface area contributed by atoms with Gasteiger partial charge in [0.1, 0.15) is 0 Å². The lowest BCUT2D eigenvalue weighted by Gasteiger charge is -2.33. The van der Waals surface area contributed by atoms with E-state index >= 15 is 0 Å². The van der Waals surface area contributed by atoms with Gasteiger partial charge in [-0.1, -0.05) is 53.4 Å². The summed E-state index contributed by atoms with van der Waals surface area (Å²) in [7, 11) is 0. The van der Waals surface area contributed by atoms with E-state index in [1.54, 1.807) is 0 Å². The van der Waals surface area contributed by atoms with Gasteiger partial charge in [-0.25, -0.2) is 0 Å². The molecule has 0 spiro atoms. The Hall–Kier alpha value is -0.340. The molecule has 1 aliphatic carbocycles. The summed E-state index contributed by atoms with van der Waals surface area (Å²) in [6.45, 7) is 0. The summed E-state index contributed by atoms with van der Waals surface area (Å²) in [5, 5.41) is 10.5. The van der Waals surface area contributed by atoms with Crippen LogP contribution in [0.1, 0.15) is 37.7 Å². The zero-order chi connectivity index (χ0) is 10.0. The average molecular weight is 255 g/mol. The van der Waals surface area contributed by atoms with Gasteiger partial charge in [0.15, 0.2) is 0 Å². The SMILES string of the molecule is OC1(c2ccccc2Br)CCCCC1. The van der Waals surface area contributed by atoms with Crippen LogP contribution < -0.4 is 0 Å². The zero-order valence-electron chi connectivity index (χ0n) is 8.17. The molecule has 0 unspecified atom stereocenters. The fourth-order valence-electron chi connectivity index (χ4n) is 2.24. The molecule has 0 saturated heterocycles. The van der Waals surface area contributed by atoms with E-state index in [9.17, 15) is 5.11 Å². The summed E-state index contributed by atoms with van der Waals surface area (Å²) >= 11 is 3.51. The first kappa shape index (κ1) is 10.2. The normalized spacial score (nSPS) is 20.7. The number of aliphatic hydroxyl groups is 1. The highest BCUT2D eigenvalue weighted by atomic mass is 79.9. The molecule has 1 aromatic carbocycles. The predicted octanol–water partition coefficient (Wildman–Crippen LogP) is 3.60. The second-order valence-electron chi connectivity index (χ2n) is 4.07. The third kappa shape index (κ3) is 1.86. The molecule has 1 aromatic rings. The fourth-order valence-corrected chi connectivity index (χ4v) is 2.90. The molecule has 1 nitrogen and oxygen atoms in total. The van der Waals surface area contributed by atoms with Crippen LogP contribution in [0.4, 0.5) is 0 Å². The second kappa shape index (κ2) is 4.03. The van der Waals surface area contributed by atoms with Gasteiger partial charge in [0.25, 0.3) is 0 Å². The minimum atomic E-state index is -0.585. The van der Waals surface area contributed by atoms with E-state index in [-0.39, 0.29) is 0 Å². The Morgan fingerprint density at radius 2 is 1.71 bits per heavy atom. The molecule has 2 heteroatoms. The Morgan fingerprint density at radius 3 is 2.36 bits per heavy atom. The van der Waals surface area contributed by atoms with Crippen molar-refractivity contribution in [2.24, 2.45) is 0 Å². The van der Waals surface area contributed by atoms with Crippen LogP contribution in [0.25, 0.3) is 0 Å². The lowest BCUT2D eigenvalue weighted by Crippen LogP contribution is -2.28. The van der Waals surface area contributed by atoms with Crippen LogP contribution in [-0.4, -0.2) is 5.11 Å². The van der Waals surface area contributed by atoms with Crippen molar-refractivity contribution in [1.29, 1.82) is 0 Å². The Kier molecular flexibility index (Phi) is 2.93. The maximum atomic E-state index is 10.5. The van der Waals surface area contributed by atoms with E-state index < -0.39 is 5.60 Å². The first-order valence-corrected chi connectivity index (χ1v) is 5.99. The monoisotopic (exact) mass is 254 g/mol. The molecule has 0 radical (unpaired) electrons. The lowest BCUT2D eigenvalue weighted by atomic mass is 9.80. The van der Waals surface area contributed by atoms with E-state index in [4.69, 9.17) is 0 Å². The number of rotatable bonds is 1. The van der Waals surface area contributed by atoms with Crippen molar-refractivity contribution >= 4 is 15.9 Å². The average Bonchev–Trinajstić information content (AvgIpc) is 2.19. The Labute approximate surface area is 93.3 Å². The molecule has 0 amide bonds. The smallest absolute Gasteiger partial charge is 0.0907 e. The molecular formula is C12H15BrO. The number of halogens is 1. The summed E-state index contributed by atoms with van der Waals surface area (Å²) in [4.78, 5) is 0. The molecule has 1 fully saturated rings. The number of hydrogen-bond acceptors (Lipinski definition) is 1. The summed E-state index contributed by atoms with van der Waals surface area (Å²) in [6.07, 6.45) is 5.33. The predicted molar refractivity (Wildman–Crippen MR) is 61.1 cm³/mol. The number of benzene rings is 1. The molecule has 1 N–H and O–H groups in total. The molecule has 1 saturated carbocycles. The minimum Gasteiger partial charge on any atom is -0.385 e. The van der Waals surface area contributed by atoms with Gasteiger partial charge in [0.05, 0.1) is 5.60 Å². The second-order valence-corrected chi connectivity index (χ2v) is 4.93. The Morgan fingerprint density at radius 1 is 1.07 bits per heavy atom. The van der Waals surface area contributed by atoms with Crippen LogP contribution in [-0.2, 0) is 5.60 Å². The molecule has 0 aliphatic heterocycles. The van der Waals surface area contributed by atoms with Crippen molar-refractivity contribution < 1.29 is 5.11 Å². The first-order chi connectivity index (χ1) is 6.72. The molecule has 1 aliphatic rings. The van der Waals surface area contributed by atoms with Crippen molar-refractivity contribution in [3.63, 3.8) is 0 Å². The molecular weight excluding hydrogens is 240 g/mol. The van der Waals surface area contributed by atoms with E-state index in [0.717, 1.165) is 35.7 Å². The molecule has 2 rings (SSSR count). The van der Waals surface area contributed by atoms with Gasteiger partial charge in [0.2, 0.25) is 0 Å². The first-order valence-electron chi connectivity index (χ1n) is 5.20. The Balaban J connectivity index is 2.32. The third-order valence-electron chi connectivity index (χ3n) is 3.06. The van der Waals surface area contributed by atoms with Crippen molar-refractivity contribution in [2.75, 3.05) is 0 Å². The van der Waals surface area contributed by atoms with Gasteiger partial charge < -0.3 is 5.11 Å². The van der Waals surface area contributed by atoms with Crippen LogP contribution >= 0.6 is 15.9 Å². The highest BCUT2D eigenvalue weighted by molar-refractivity contribution is 9.10. The van der Waals surface area contributed by atoms with Crippen LogP contribution in [0, 0.1) is 0 Å².